The van der Waals surface area contributed by atoms with E-state index in [9.17, 15) is 13.6 Å². The van der Waals surface area contributed by atoms with Crippen LogP contribution in [-0.4, -0.2) is 27.4 Å². The molecule has 8 nitrogen and oxygen atoms in total. The number of rotatable bonds is 2. The first kappa shape index (κ1) is 12.1. The van der Waals surface area contributed by atoms with E-state index in [4.69, 9.17) is 5.73 Å². The van der Waals surface area contributed by atoms with E-state index in [1.165, 1.54) is 18.2 Å². The van der Waals surface area contributed by atoms with Crippen LogP contribution in [0.5, 0.6) is 11.5 Å². The van der Waals surface area contributed by atoms with E-state index < -0.39 is 12.2 Å². The number of carbonyl (C=O) groups excluding carboxylic acids is 1. The number of hydrogen-bond donors (Lipinski definition) is 3. The number of nitrogen functional groups attached to an aromatic ring is 1. The van der Waals surface area contributed by atoms with Gasteiger partial charge >= 0.3 is 6.29 Å². The second-order valence-electron chi connectivity index (χ2n) is 3.83. The summed E-state index contributed by atoms with van der Waals surface area (Å²) in [5.74, 6) is -1.10. The van der Waals surface area contributed by atoms with Gasteiger partial charge in [0, 0.05) is 11.8 Å². The van der Waals surface area contributed by atoms with Crippen molar-refractivity contribution in [3.63, 3.8) is 0 Å². The molecule has 1 aromatic heterocycles. The highest BCUT2D eigenvalue weighted by molar-refractivity contribution is 6.01. The van der Waals surface area contributed by atoms with E-state index in [0.717, 1.165) is 0 Å². The van der Waals surface area contributed by atoms with Gasteiger partial charge in [0.2, 0.25) is 11.8 Å². The van der Waals surface area contributed by atoms with Crippen LogP contribution in [0.3, 0.4) is 0 Å². The largest absolute Gasteiger partial charge is 0.586 e. The Bertz CT molecular complexity index is 687. The van der Waals surface area contributed by atoms with Crippen molar-refractivity contribution >= 4 is 17.5 Å². The van der Waals surface area contributed by atoms with Crippen LogP contribution < -0.4 is 20.5 Å². The second kappa shape index (κ2) is 4.05. The number of benzene rings is 1. The number of hydrogen-bond acceptors (Lipinski definition) is 6. The fourth-order valence-corrected chi connectivity index (χ4v) is 1.59. The molecule has 0 aliphatic carbocycles. The summed E-state index contributed by atoms with van der Waals surface area (Å²) < 4.78 is 34.2. The van der Waals surface area contributed by atoms with E-state index in [2.05, 4.69) is 30.0 Å². The predicted molar refractivity (Wildman–Crippen MR) is 61.4 cm³/mol. The maximum Gasteiger partial charge on any atom is 0.586 e. The number of aromatic amines is 1. The van der Waals surface area contributed by atoms with Gasteiger partial charge in [0.25, 0.3) is 5.91 Å². The molecule has 1 amide bonds. The molecule has 20 heavy (non-hydrogen) atoms. The number of H-pyrrole nitrogens is 1. The Labute approximate surface area is 109 Å². The molecule has 1 aromatic carbocycles. The monoisotopic (exact) mass is 283 g/mol. The molecule has 0 radical (unpaired) electrons. The van der Waals surface area contributed by atoms with E-state index in [0.29, 0.717) is 0 Å². The van der Waals surface area contributed by atoms with Crippen LogP contribution in [-0.2, 0) is 0 Å². The van der Waals surface area contributed by atoms with Gasteiger partial charge < -0.3 is 20.5 Å². The Morgan fingerprint density at radius 2 is 2.10 bits per heavy atom. The van der Waals surface area contributed by atoms with Crippen LogP contribution in [0.25, 0.3) is 0 Å². The molecule has 0 saturated heterocycles. The van der Waals surface area contributed by atoms with Crippen molar-refractivity contribution in [2.24, 2.45) is 0 Å². The number of fused-ring (bicyclic) bond motifs is 1. The predicted octanol–water partition coefficient (Wildman–Crippen LogP) is 0.961. The van der Waals surface area contributed by atoms with Gasteiger partial charge in [-0.15, -0.1) is 13.9 Å². The Morgan fingerprint density at radius 3 is 2.80 bits per heavy atom. The number of ether oxygens (including phenoxy) is 2. The summed E-state index contributed by atoms with van der Waals surface area (Å²) in [6.45, 7) is 0. The maximum atomic E-state index is 12.8. The van der Waals surface area contributed by atoms with Crippen molar-refractivity contribution in [1.82, 2.24) is 15.2 Å². The summed E-state index contributed by atoms with van der Waals surface area (Å²) in [5, 5.41) is 8.23. The van der Waals surface area contributed by atoms with E-state index >= 15 is 0 Å². The minimum atomic E-state index is -3.70. The van der Waals surface area contributed by atoms with Crippen molar-refractivity contribution in [3.8, 4) is 11.5 Å². The summed E-state index contributed by atoms with van der Waals surface area (Å²) >= 11 is 0. The normalized spacial score (nSPS) is 15.1. The number of alkyl halides is 2. The Balaban J connectivity index is 1.78. The number of nitrogens with one attached hydrogen (secondary N) is 2. The Morgan fingerprint density at radius 1 is 1.35 bits per heavy atom. The lowest BCUT2D eigenvalue weighted by atomic mass is 10.3. The first-order valence-corrected chi connectivity index (χ1v) is 5.32. The molecule has 0 bridgehead atoms. The zero-order chi connectivity index (χ0) is 14.3. The lowest BCUT2D eigenvalue weighted by molar-refractivity contribution is -0.286. The van der Waals surface area contributed by atoms with Crippen molar-refractivity contribution in [2.45, 2.75) is 6.29 Å². The minimum absolute atomic E-state index is 0.0829. The van der Waals surface area contributed by atoms with Gasteiger partial charge in [-0.1, -0.05) is 0 Å². The van der Waals surface area contributed by atoms with Crippen LogP contribution >= 0.6 is 0 Å². The van der Waals surface area contributed by atoms with Crippen LogP contribution in [0.15, 0.2) is 18.2 Å². The van der Waals surface area contributed by atoms with Gasteiger partial charge in [-0.25, -0.2) is 0 Å². The summed E-state index contributed by atoms with van der Waals surface area (Å²) in [7, 11) is 0. The quantitative estimate of drug-likeness (QED) is 0.756. The van der Waals surface area contributed by atoms with Gasteiger partial charge in [-0.3, -0.25) is 9.89 Å². The number of aromatic nitrogens is 3. The topological polar surface area (TPSA) is 115 Å². The molecule has 10 heteroatoms. The van der Waals surface area contributed by atoms with Crippen molar-refractivity contribution in [3.05, 3.63) is 24.0 Å². The molecule has 2 aromatic rings. The SMILES string of the molecule is Nc1n[nH]c(C(=O)Nc2ccc3c(c2)OC(F)(F)O3)n1. The number of halogens is 2. The molecule has 1 aliphatic heterocycles. The van der Waals surface area contributed by atoms with Crippen molar-refractivity contribution < 1.29 is 23.0 Å². The number of anilines is 2. The fourth-order valence-electron chi connectivity index (χ4n) is 1.59. The molecule has 0 fully saturated rings. The maximum absolute atomic E-state index is 12.8. The highest BCUT2D eigenvalue weighted by Crippen LogP contribution is 2.42. The summed E-state index contributed by atoms with van der Waals surface area (Å²) in [6.07, 6.45) is -3.70. The molecule has 0 unspecified atom stereocenters. The molecule has 0 atom stereocenters. The number of amides is 1. The van der Waals surface area contributed by atoms with Crippen LogP contribution in [0.2, 0.25) is 0 Å². The molecule has 3 rings (SSSR count). The van der Waals surface area contributed by atoms with Gasteiger partial charge in [0.1, 0.15) is 0 Å². The average Bonchev–Trinajstić information content (AvgIpc) is 2.90. The number of carbonyl (C=O) groups is 1. The van der Waals surface area contributed by atoms with Crippen molar-refractivity contribution in [1.29, 1.82) is 0 Å². The van der Waals surface area contributed by atoms with Crippen molar-refractivity contribution in [2.75, 3.05) is 11.1 Å². The van der Waals surface area contributed by atoms with Crippen LogP contribution in [0, 0.1) is 0 Å². The zero-order valence-electron chi connectivity index (χ0n) is 9.68. The number of nitrogens with two attached hydrogens (primary N) is 1. The third-order valence-corrected chi connectivity index (χ3v) is 2.38. The lowest BCUT2D eigenvalue weighted by Crippen LogP contribution is -2.25. The summed E-state index contributed by atoms with van der Waals surface area (Å²) in [4.78, 5) is 15.4. The third kappa shape index (κ3) is 2.18. The van der Waals surface area contributed by atoms with Gasteiger partial charge in [-0.2, -0.15) is 4.98 Å². The highest BCUT2D eigenvalue weighted by atomic mass is 19.3. The van der Waals surface area contributed by atoms with E-state index in [-0.39, 0.29) is 29.0 Å². The molecule has 104 valence electrons. The lowest BCUT2D eigenvalue weighted by Gasteiger charge is -2.04. The smallest absolute Gasteiger partial charge is 0.395 e. The minimum Gasteiger partial charge on any atom is -0.395 e. The van der Waals surface area contributed by atoms with Gasteiger partial charge in [-0.05, 0) is 12.1 Å². The third-order valence-electron chi connectivity index (χ3n) is 2.38. The average molecular weight is 283 g/mol. The second-order valence-corrected chi connectivity index (χ2v) is 3.83. The molecular weight excluding hydrogens is 276 g/mol. The standard InChI is InChI=1S/C10H7F2N5O3/c11-10(12)19-5-2-1-4(3-6(5)20-10)14-8(18)7-15-9(13)17-16-7/h1-3H,(H,14,18)(H3,13,15,16,17). The molecule has 4 N–H and O–H groups in total. The Hall–Kier alpha value is -2.91. The summed E-state index contributed by atoms with van der Waals surface area (Å²) in [5.41, 5.74) is 5.49. The first-order valence-electron chi connectivity index (χ1n) is 5.32. The molecule has 0 saturated carbocycles. The summed E-state index contributed by atoms with van der Waals surface area (Å²) in [6, 6.07) is 3.83. The molecule has 1 aliphatic rings. The van der Waals surface area contributed by atoms with E-state index in [1.807, 2.05) is 0 Å². The van der Waals surface area contributed by atoms with Gasteiger partial charge in [0.05, 0.1) is 0 Å². The molecular formula is C10H7F2N5O3. The number of nitrogens with zero attached hydrogens (tertiary/aromatic N) is 2. The Kier molecular flexibility index (Phi) is 2.46. The first-order chi connectivity index (χ1) is 9.43. The molecule has 0 spiro atoms. The van der Waals surface area contributed by atoms with Gasteiger partial charge in [0.15, 0.2) is 11.5 Å². The molecule has 2 heterocycles. The fraction of sp³-hybridized carbons (Fsp3) is 0.100. The van der Waals surface area contributed by atoms with E-state index in [1.54, 1.807) is 0 Å². The zero-order valence-corrected chi connectivity index (χ0v) is 9.68. The van der Waals surface area contributed by atoms with Crippen LogP contribution in [0.4, 0.5) is 20.4 Å². The highest BCUT2D eigenvalue weighted by Gasteiger charge is 2.43. The van der Waals surface area contributed by atoms with Crippen LogP contribution in [0.1, 0.15) is 10.6 Å².